The summed E-state index contributed by atoms with van der Waals surface area (Å²) in [7, 11) is 0. The van der Waals surface area contributed by atoms with Crippen LogP contribution in [-0.2, 0) is 4.74 Å². The van der Waals surface area contributed by atoms with Gasteiger partial charge < -0.3 is 21.1 Å². The monoisotopic (exact) mass is 279 g/mol. The van der Waals surface area contributed by atoms with Gasteiger partial charge in [-0.2, -0.15) is 0 Å². The Balaban J connectivity index is 2.55. The molecule has 4 N–H and O–H groups in total. The lowest BCUT2D eigenvalue weighted by molar-refractivity contribution is 0.0504. The van der Waals surface area contributed by atoms with Crippen LogP contribution >= 0.6 is 0 Å². The van der Waals surface area contributed by atoms with Crippen LogP contribution in [0.15, 0.2) is 30.3 Å². The molecule has 0 aliphatic carbocycles. The van der Waals surface area contributed by atoms with E-state index in [1.54, 1.807) is 0 Å². The van der Waals surface area contributed by atoms with Gasteiger partial charge in [0.15, 0.2) is 0 Å². The predicted molar refractivity (Wildman–Crippen MR) is 81.7 cm³/mol. The first-order chi connectivity index (χ1) is 9.31. The Morgan fingerprint density at radius 1 is 1.30 bits per heavy atom. The van der Waals surface area contributed by atoms with E-state index in [0.29, 0.717) is 6.54 Å². The van der Waals surface area contributed by atoms with Gasteiger partial charge in [0.1, 0.15) is 5.60 Å². The summed E-state index contributed by atoms with van der Waals surface area (Å²) in [6.45, 7) is 7.81. The standard InChI is InChI=1S/C15H25N3O2/c1-11(17-14(19)20-15(2,3)4)13(10-16)18-12-8-6-5-7-9-12/h5-9,11,13,18H,10,16H2,1-4H3,(H,17,19). The molecule has 0 fully saturated rings. The third-order valence-corrected chi connectivity index (χ3v) is 2.73. The van der Waals surface area contributed by atoms with Crippen LogP contribution in [0, 0.1) is 0 Å². The molecule has 5 nitrogen and oxygen atoms in total. The van der Waals surface area contributed by atoms with Crippen molar-refractivity contribution in [1.29, 1.82) is 0 Å². The summed E-state index contributed by atoms with van der Waals surface area (Å²) in [5.74, 6) is 0. The molecule has 112 valence electrons. The van der Waals surface area contributed by atoms with E-state index in [0.717, 1.165) is 5.69 Å². The Labute approximate surface area is 120 Å². The molecule has 0 radical (unpaired) electrons. The summed E-state index contributed by atoms with van der Waals surface area (Å²) in [4.78, 5) is 11.7. The molecule has 1 aromatic carbocycles. The van der Waals surface area contributed by atoms with E-state index in [2.05, 4.69) is 10.6 Å². The van der Waals surface area contributed by atoms with Crippen LogP contribution in [0.2, 0.25) is 0 Å². The number of carbonyl (C=O) groups is 1. The van der Waals surface area contributed by atoms with E-state index in [9.17, 15) is 4.79 Å². The van der Waals surface area contributed by atoms with E-state index in [1.165, 1.54) is 0 Å². The van der Waals surface area contributed by atoms with Gasteiger partial charge in [-0.3, -0.25) is 0 Å². The van der Waals surface area contributed by atoms with Crippen molar-refractivity contribution in [2.24, 2.45) is 5.73 Å². The van der Waals surface area contributed by atoms with E-state index >= 15 is 0 Å². The van der Waals surface area contributed by atoms with Crippen LogP contribution in [0.3, 0.4) is 0 Å². The van der Waals surface area contributed by atoms with E-state index < -0.39 is 11.7 Å². The maximum Gasteiger partial charge on any atom is 0.407 e. The number of carbonyl (C=O) groups excluding carboxylic acids is 1. The van der Waals surface area contributed by atoms with Gasteiger partial charge in [0.2, 0.25) is 0 Å². The molecule has 0 saturated heterocycles. The van der Waals surface area contributed by atoms with Gasteiger partial charge in [-0.15, -0.1) is 0 Å². The Morgan fingerprint density at radius 3 is 2.40 bits per heavy atom. The molecule has 0 heterocycles. The summed E-state index contributed by atoms with van der Waals surface area (Å²) in [6, 6.07) is 9.56. The largest absolute Gasteiger partial charge is 0.444 e. The Morgan fingerprint density at radius 2 is 1.90 bits per heavy atom. The number of nitrogens with one attached hydrogen (secondary N) is 2. The molecule has 20 heavy (non-hydrogen) atoms. The summed E-state index contributed by atoms with van der Waals surface area (Å²) in [5, 5.41) is 6.11. The second-order valence-electron chi connectivity index (χ2n) is 5.79. The highest BCUT2D eigenvalue weighted by Crippen LogP contribution is 2.10. The van der Waals surface area contributed by atoms with Crippen molar-refractivity contribution >= 4 is 11.8 Å². The second kappa shape index (κ2) is 7.14. The molecule has 5 heteroatoms. The van der Waals surface area contributed by atoms with Crippen LogP contribution in [0.1, 0.15) is 27.7 Å². The van der Waals surface area contributed by atoms with Gasteiger partial charge in [0, 0.05) is 12.2 Å². The number of para-hydroxylation sites is 1. The molecule has 0 aromatic heterocycles. The lowest BCUT2D eigenvalue weighted by Gasteiger charge is -2.27. The molecule has 1 aromatic rings. The van der Waals surface area contributed by atoms with Crippen LogP contribution in [-0.4, -0.2) is 30.3 Å². The van der Waals surface area contributed by atoms with Crippen molar-refractivity contribution in [1.82, 2.24) is 5.32 Å². The third kappa shape index (κ3) is 5.93. The lowest BCUT2D eigenvalue weighted by atomic mass is 10.1. The van der Waals surface area contributed by atoms with Gasteiger partial charge in [0.05, 0.1) is 12.1 Å². The fourth-order valence-electron chi connectivity index (χ4n) is 1.73. The highest BCUT2D eigenvalue weighted by Gasteiger charge is 2.21. The third-order valence-electron chi connectivity index (χ3n) is 2.73. The number of hydrogen-bond acceptors (Lipinski definition) is 4. The van der Waals surface area contributed by atoms with E-state index in [4.69, 9.17) is 10.5 Å². The van der Waals surface area contributed by atoms with Crippen LogP contribution in [0.25, 0.3) is 0 Å². The number of alkyl carbamates (subject to hydrolysis) is 1. The van der Waals surface area contributed by atoms with Crippen LogP contribution in [0.5, 0.6) is 0 Å². The maximum atomic E-state index is 11.7. The Bertz CT molecular complexity index is 415. The van der Waals surface area contributed by atoms with E-state index in [1.807, 2.05) is 58.0 Å². The molecule has 2 unspecified atom stereocenters. The zero-order valence-corrected chi connectivity index (χ0v) is 12.6. The minimum absolute atomic E-state index is 0.0649. The van der Waals surface area contributed by atoms with Crippen molar-refractivity contribution in [3.05, 3.63) is 30.3 Å². The molecule has 0 bridgehead atoms. The summed E-state index contributed by atoms with van der Waals surface area (Å²) in [6.07, 6.45) is -0.432. The van der Waals surface area contributed by atoms with Crippen LogP contribution in [0.4, 0.5) is 10.5 Å². The van der Waals surface area contributed by atoms with E-state index in [-0.39, 0.29) is 12.1 Å². The maximum absolute atomic E-state index is 11.7. The van der Waals surface area contributed by atoms with Crippen LogP contribution < -0.4 is 16.4 Å². The minimum Gasteiger partial charge on any atom is -0.444 e. The number of anilines is 1. The first-order valence-corrected chi connectivity index (χ1v) is 6.83. The number of ether oxygens (including phenoxy) is 1. The molecule has 2 atom stereocenters. The van der Waals surface area contributed by atoms with Gasteiger partial charge in [-0.1, -0.05) is 18.2 Å². The summed E-state index contributed by atoms with van der Waals surface area (Å²) < 4.78 is 5.23. The number of benzene rings is 1. The first-order valence-electron chi connectivity index (χ1n) is 6.83. The number of hydrogen-bond donors (Lipinski definition) is 3. The quantitative estimate of drug-likeness (QED) is 0.773. The molecule has 0 spiro atoms. The molecule has 0 saturated carbocycles. The molecule has 0 aliphatic heterocycles. The summed E-state index contributed by atoms with van der Waals surface area (Å²) >= 11 is 0. The normalized spacial score (nSPS) is 14.2. The molecule has 1 rings (SSSR count). The van der Waals surface area contributed by atoms with Crippen molar-refractivity contribution in [3.8, 4) is 0 Å². The van der Waals surface area contributed by atoms with Gasteiger partial charge in [0.25, 0.3) is 0 Å². The highest BCUT2D eigenvalue weighted by molar-refractivity contribution is 5.68. The lowest BCUT2D eigenvalue weighted by Crippen LogP contribution is -2.49. The minimum atomic E-state index is -0.505. The fourth-order valence-corrected chi connectivity index (χ4v) is 1.73. The van der Waals surface area contributed by atoms with Gasteiger partial charge in [-0.25, -0.2) is 4.79 Å². The van der Waals surface area contributed by atoms with Crippen molar-refractivity contribution in [3.63, 3.8) is 0 Å². The Kier molecular flexibility index (Phi) is 5.82. The molecular formula is C15H25N3O2. The van der Waals surface area contributed by atoms with Crippen molar-refractivity contribution < 1.29 is 9.53 Å². The zero-order valence-electron chi connectivity index (χ0n) is 12.6. The smallest absolute Gasteiger partial charge is 0.407 e. The SMILES string of the molecule is CC(NC(=O)OC(C)(C)C)C(CN)Nc1ccccc1. The topological polar surface area (TPSA) is 76.4 Å². The predicted octanol–water partition coefficient (Wildman–Crippen LogP) is 2.34. The van der Waals surface area contributed by atoms with Crippen molar-refractivity contribution in [2.45, 2.75) is 45.4 Å². The first kappa shape index (κ1) is 16.3. The fraction of sp³-hybridized carbons (Fsp3) is 0.533. The molecule has 1 amide bonds. The highest BCUT2D eigenvalue weighted by atomic mass is 16.6. The molecule has 0 aliphatic rings. The molecular weight excluding hydrogens is 254 g/mol. The zero-order chi connectivity index (χ0) is 15.2. The Hall–Kier alpha value is -1.75. The second-order valence-corrected chi connectivity index (χ2v) is 5.79. The van der Waals surface area contributed by atoms with Gasteiger partial charge >= 0.3 is 6.09 Å². The average molecular weight is 279 g/mol. The summed E-state index contributed by atoms with van der Waals surface area (Å²) in [5.41, 5.74) is 6.24. The number of rotatable bonds is 5. The van der Waals surface area contributed by atoms with Gasteiger partial charge in [-0.05, 0) is 39.8 Å². The number of nitrogens with two attached hydrogens (primary N) is 1. The number of amides is 1. The van der Waals surface area contributed by atoms with Crippen molar-refractivity contribution in [2.75, 3.05) is 11.9 Å². The average Bonchev–Trinajstić information content (AvgIpc) is 2.34.